The fraction of sp³-hybridized carbons (Fsp3) is 1.00. The molecular formula is C11H23NO3S. The third kappa shape index (κ3) is 4.03. The SMILES string of the molecule is COC1CCCC(S(=O)(=O)CC(C)(C)N)C1. The van der Waals surface area contributed by atoms with Crippen molar-refractivity contribution < 1.29 is 13.2 Å². The second-order valence-electron chi connectivity index (χ2n) is 5.44. The number of rotatable bonds is 4. The van der Waals surface area contributed by atoms with Gasteiger partial charge in [0, 0.05) is 12.6 Å². The van der Waals surface area contributed by atoms with Gasteiger partial charge in [-0.1, -0.05) is 0 Å². The van der Waals surface area contributed by atoms with Crippen LogP contribution in [-0.4, -0.2) is 38.2 Å². The number of ether oxygens (including phenoxy) is 1. The van der Waals surface area contributed by atoms with Gasteiger partial charge in [0.1, 0.15) is 0 Å². The highest BCUT2D eigenvalue weighted by atomic mass is 32.2. The summed E-state index contributed by atoms with van der Waals surface area (Å²) in [5.41, 5.74) is 5.13. The van der Waals surface area contributed by atoms with E-state index in [4.69, 9.17) is 10.5 Å². The van der Waals surface area contributed by atoms with E-state index in [2.05, 4.69) is 0 Å². The molecule has 1 rings (SSSR count). The zero-order valence-corrected chi connectivity index (χ0v) is 11.2. The highest BCUT2D eigenvalue weighted by Gasteiger charge is 2.34. The van der Waals surface area contributed by atoms with Crippen LogP contribution in [0, 0.1) is 0 Å². The molecule has 4 nitrogen and oxygen atoms in total. The molecule has 0 aromatic heterocycles. The molecule has 0 bridgehead atoms. The molecule has 16 heavy (non-hydrogen) atoms. The maximum Gasteiger partial charge on any atom is 0.155 e. The molecule has 5 heteroatoms. The van der Waals surface area contributed by atoms with Crippen LogP contribution < -0.4 is 5.73 Å². The standard InChI is InChI=1S/C11H23NO3S/c1-11(2,12)8-16(13,14)10-6-4-5-9(7-10)15-3/h9-10H,4-8,12H2,1-3H3. The Bertz CT molecular complexity index is 319. The molecule has 1 saturated carbocycles. The Hall–Kier alpha value is -0.130. The van der Waals surface area contributed by atoms with Gasteiger partial charge in [-0.15, -0.1) is 0 Å². The largest absolute Gasteiger partial charge is 0.381 e. The summed E-state index contributed by atoms with van der Waals surface area (Å²) in [6.07, 6.45) is 3.35. The summed E-state index contributed by atoms with van der Waals surface area (Å²) in [5, 5.41) is -0.269. The molecule has 2 atom stereocenters. The second-order valence-corrected chi connectivity index (χ2v) is 7.72. The van der Waals surface area contributed by atoms with Gasteiger partial charge in [-0.05, 0) is 39.5 Å². The summed E-state index contributed by atoms with van der Waals surface area (Å²) in [7, 11) is -1.44. The van der Waals surface area contributed by atoms with Crippen LogP contribution in [0.15, 0.2) is 0 Å². The zero-order valence-electron chi connectivity index (χ0n) is 10.4. The number of nitrogens with two attached hydrogens (primary N) is 1. The lowest BCUT2D eigenvalue weighted by Gasteiger charge is -2.30. The molecule has 1 fully saturated rings. The highest BCUT2D eigenvalue weighted by Crippen LogP contribution is 2.27. The molecule has 0 spiro atoms. The quantitative estimate of drug-likeness (QED) is 0.810. The maximum absolute atomic E-state index is 12.1. The summed E-state index contributed by atoms with van der Waals surface area (Å²) in [5.74, 6) is 0.0566. The first kappa shape index (κ1) is 13.9. The maximum atomic E-state index is 12.1. The van der Waals surface area contributed by atoms with E-state index in [9.17, 15) is 8.42 Å². The lowest BCUT2D eigenvalue weighted by molar-refractivity contribution is 0.0720. The molecule has 2 N–H and O–H groups in total. The second kappa shape index (κ2) is 5.02. The molecule has 96 valence electrons. The van der Waals surface area contributed by atoms with E-state index in [1.165, 1.54) is 0 Å². The number of hydrogen-bond donors (Lipinski definition) is 1. The average molecular weight is 249 g/mol. The van der Waals surface area contributed by atoms with E-state index in [-0.39, 0.29) is 17.1 Å². The van der Waals surface area contributed by atoms with Crippen LogP contribution in [0.5, 0.6) is 0 Å². The first-order valence-corrected chi connectivity index (χ1v) is 7.49. The van der Waals surface area contributed by atoms with Gasteiger partial charge in [-0.3, -0.25) is 0 Å². The van der Waals surface area contributed by atoms with Gasteiger partial charge in [0.25, 0.3) is 0 Å². The minimum absolute atomic E-state index is 0.0566. The van der Waals surface area contributed by atoms with Crippen LogP contribution in [0.1, 0.15) is 39.5 Å². The number of methoxy groups -OCH3 is 1. The fourth-order valence-electron chi connectivity index (χ4n) is 2.28. The first-order valence-electron chi connectivity index (χ1n) is 5.78. The van der Waals surface area contributed by atoms with Crippen molar-refractivity contribution in [3.05, 3.63) is 0 Å². The van der Waals surface area contributed by atoms with E-state index in [0.717, 1.165) is 19.3 Å². The van der Waals surface area contributed by atoms with E-state index < -0.39 is 15.4 Å². The lowest BCUT2D eigenvalue weighted by atomic mass is 9.97. The molecular weight excluding hydrogens is 226 g/mol. The zero-order chi connectivity index (χ0) is 12.4. The molecule has 0 aromatic carbocycles. The van der Waals surface area contributed by atoms with E-state index in [1.54, 1.807) is 21.0 Å². The highest BCUT2D eigenvalue weighted by molar-refractivity contribution is 7.92. The summed E-state index contributed by atoms with van der Waals surface area (Å²) >= 11 is 0. The average Bonchev–Trinajstić information content (AvgIpc) is 2.14. The Morgan fingerprint density at radius 1 is 1.38 bits per heavy atom. The fourth-order valence-corrected chi connectivity index (χ4v) is 4.59. The number of hydrogen-bond acceptors (Lipinski definition) is 4. The normalized spacial score (nSPS) is 28.0. The lowest BCUT2D eigenvalue weighted by Crippen LogP contribution is -2.44. The smallest absolute Gasteiger partial charge is 0.155 e. The van der Waals surface area contributed by atoms with Crippen molar-refractivity contribution in [2.45, 2.75) is 56.4 Å². The Morgan fingerprint density at radius 3 is 2.50 bits per heavy atom. The van der Waals surface area contributed by atoms with Crippen molar-refractivity contribution in [1.29, 1.82) is 0 Å². The van der Waals surface area contributed by atoms with Crippen LogP contribution in [-0.2, 0) is 14.6 Å². The van der Waals surface area contributed by atoms with Crippen molar-refractivity contribution in [2.75, 3.05) is 12.9 Å². The van der Waals surface area contributed by atoms with Gasteiger partial charge in [-0.25, -0.2) is 8.42 Å². The van der Waals surface area contributed by atoms with Gasteiger partial charge < -0.3 is 10.5 Å². The van der Waals surface area contributed by atoms with Crippen molar-refractivity contribution in [3.63, 3.8) is 0 Å². The molecule has 0 saturated heterocycles. The van der Waals surface area contributed by atoms with Gasteiger partial charge in [0.2, 0.25) is 0 Å². The first-order chi connectivity index (χ1) is 7.24. The van der Waals surface area contributed by atoms with E-state index in [0.29, 0.717) is 6.42 Å². The van der Waals surface area contributed by atoms with Crippen LogP contribution in [0.4, 0.5) is 0 Å². The van der Waals surface area contributed by atoms with Crippen LogP contribution >= 0.6 is 0 Å². The summed E-state index contributed by atoms with van der Waals surface area (Å²) < 4.78 is 29.5. The topological polar surface area (TPSA) is 69.4 Å². The molecule has 0 aliphatic heterocycles. The Kier molecular flexibility index (Phi) is 4.37. The molecule has 1 aliphatic rings. The third-order valence-electron chi connectivity index (χ3n) is 2.99. The van der Waals surface area contributed by atoms with E-state index in [1.807, 2.05) is 0 Å². The minimum atomic E-state index is -3.09. The summed E-state index contributed by atoms with van der Waals surface area (Å²) in [4.78, 5) is 0. The summed E-state index contributed by atoms with van der Waals surface area (Å²) in [6, 6.07) is 0. The van der Waals surface area contributed by atoms with Crippen molar-refractivity contribution in [1.82, 2.24) is 0 Å². The monoisotopic (exact) mass is 249 g/mol. The van der Waals surface area contributed by atoms with Crippen molar-refractivity contribution in [2.24, 2.45) is 5.73 Å². The number of sulfone groups is 1. The minimum Gasteiger partial charge on any atom is -0.381 e. The molecule has 0 aromatic rings. The van der Waals surface area contributed by atoms with Gasteiger partial charge in [0.05, 0.1) is 17.1 Å². The molecule has 0 amide bonds. The van der Waals surface area contributed by atoms with Crippen LogP contribution in [0.3, 0.4) is 0 Å². The predicted octanol–water partition coefficient (Wildman–Crippen LogP) is 1.10. The molecule has 1 aliphatic carbocycles. The van der Waals surface area contributed by atoms with Gasteiger partial charge in [-0.2, -0.15) is 0 Å². The molecule has 0 radical (unpaired) electrons. The van der Waals surface area contributed by atoms with Gasteiger partial charge in [0.15, 0.2) is 9.84 Å². The third-order valence-corrected chi connectivity index (χ3v) is 5.58. The van der Waals surface area contributed by atoms with Crippen LogP contribution in [0.25, 0.3) is 0 Å². The molecule has 2 unspecified atom stereocenters. The Labute approximate surface area is 98.5 Å². The van der Waals surface area contributed by atoms with Crippen molar-refractivity contribution >= 4 is 9.84 Å². The van der Waals surface area contributed by atoms with Crippen LogP contribution in [0.2, 0.25) is 0 Å². The molecule has 0 heterocycles. The summed E-state index contributed by atoms with van der Waals surface area (Å²) in [6.45, 7) is 3.50. The van der Waals surface area contributed by atoms with E-state index >= 15 is 0 Å². The predicted molar refractivity (Wildman–Crippen MR) is 65.1 cm³/mol. The Balaban J connectivity index is 2.68. The van der Waals surface area contributed by atoms with Gasteiger partial charge >= 0.3 is 0 Å². The van der Waals surface area contributed by atoms with Crippen molar-refractivity contribution in [3.8, 4) is 0 Å². The Morgan fingerprint density at radius 2 is 2.00 bits per heavy atom.